The van der Waals surface area contributed by atoms with Crippen molar-refractivity contribution in [1.82, 2.24) is 20.0 Å². The maximum Gasteiger partial charge on any atom is 0.325 e. The van der Waals surface area contributed by atoms with Crippen LogP contribution < -0.4 is 16.7 Å². The van der Waals surface area contributed by atoms with E-state index in [4.69, 9.17) is 0 Å². The zero-order valence-electron chi connectivity index (χ0n) is 15.2. The van der Waals surface area contributed by atoms with Crippen molar-refractivity contribution in [3.05, 3.63) is 68.1 Å². The number of hydrazone groups is 1. The van der Waals surface area contributed by atoms with Crippen LogP contribution in [0.3, 0.4) is 0 Å². The van der Waals surface area contributed by atoms with Crippen molar-refractivity contribution in [3.8, 4) is 0 Å². The second-order valence-corrected chi connectivity index (χ2v) is 6.19. The maximum absolute atomic E-state index is 12.0. The molecule has 2 heterocycles. The molecular weight excluding hydrogens is 346 g/mol. The van der Waals surface area contributed by atoms with E-state index in [9.17, 15) is 14.4 Å². The summed E-state index contributed by atoms with van der Waals surface area (Å²) in [7, 11) is 0. The summed E-state index contributed by atoms with van der Waals surface area (Å²) in [5.41, 5.74) is 4.34. The summed E-state index contributed by atoms with van der Waals surface area (Å²) in [6.45, 7) is 4.54. The van der Waals surface area contributed by atoms with E-state index in [1.807, 2.05) is 30.5 Å². The van der Waals surface area contributed by atoms with Gasteiger partial charge in [-0.3, -0.25) is 14.6 Å². The number of carbonyl (C=O) groups excluding carboxylic acids is 1. The van der Waals surface area contributed by atoms with Crippen molar-refractivity contribution in [2.75, 3.05) is 0 Å². The SMILES string of the molecule is CCn1cc(/C=N/NC(=O)CCc2c(C)[nH]c(=O)[nH]c2=O)c2ccccc21. The minimum atomic E-state index is -0.554. The highest BCUT2D eigenvalue weighted by atomic mass is 16.2. The Kier molecular flexibility index (Phi) is 5.35. The molecule has 0 aliphatic heterocycles. The molecule has 1 aromatic carbocycles. The van der Waals surface area contributed by atoms with E-state index in [1.165, 1.54) is 0 Å². The van der Waals surface area contributed by atoms with Crippen molar-refractivity contribution < 1.29 is 4.79 Å². The van der Waals surface area contributed by atoms with E-state index in [1.54, 1.807) is 13.1 Å². The lowest BCUT2D eigenvalue weighted by molar-refractivity contribution is -0.121. The van der Waals surface area contributed by atoms with Gasteiger partial charge in [0.15, 0.2) is 0 Å². The summed E-state index contributed by atoms with van der Waals surface area (Å²) < 4.78 is 2.11. The first-order valence-electron chi connectivity index (χ1n) is 8.71. The van der Waals surface area contributed by atoms with E-state index < -0.39 is 11.2 Å². The Morgan fingerprint density at radius 3 is 2.78 bits per heavy atom. The monoisotopic (exact) mass is 367 g/mol. The Bertz CT molecular complexity index is 1120. The van der Waals surface area contributed by atoms with Gasteiger partial charge in [-0.2, -0.15) is 5.10 Å². The van der Waals surface area contributed by atoms with Gasteiger partial charge < -0.3 is 9.55 Å². The third-order valence-corrected chi connectivity index (χ3v) is 4.41. The van der Waals surface area contributed by atoms with Crippen LogP contribution in [0.25, 0.3) is 10.9 Å². The predicted molar refractivity (Wildman–Crippen MR) is 104 cm³/mol. The second-order valence-electron chi connectivity index (χ2n) is 6.19. The maximum atomic E-state index is 12.0. The molecule has 0 atom stereocenters. The van der Waals surface area contributed by atoms with Crippen LogP contribution in [0.15, 0.2) is 45.2 Å². The zero-order valence-corrected chi connectivity index (χ0v) is 15.2. The number of aryl methyl sites for hydroxylation is 2. The number of nitrogens with zero attached hydrogens (tertiary/aromatic N) is 2. The van der Waals surface area contributed by atoms with E-state index >= 15 is 0 Å². The van der Waals surface area contributed by atoms with Gasteiger partial charge in [-0.25, -0.2) is 10.2 Å². The number of benzene rings is 1. The van der Waals surface area contributed by atoms with Crippen molar-refractivity contribution in [1.29, 1.82) is 0 Å². The molecule has 140 valence electrons. The van der Waals surface area contributed by atoms with Crippen LogP contribution >= 0.6 is 0 Å². The van der Waals surface area contributed by atoms with Crippen molar-refractivity contribution >= 4 is 23.0 Å². The largest absolute Gasteiger partial charge is 0.347 e. The molecule has 0 aliphatic rings. The molecule has 27 heavy (non-hydrogen) atoms. The van der Waals surface area contributed by atoms with Gasteiger partial charge >= 0.3 is 5.69 Å². The Hall–Kier alpha value is -3.42. The van der Waals surface area contributed by atoms with Crippen LogP contribution in [0.5, 0.6) is 0 Å². The van der Waals surface area contributed by atoms with E-state index in [-0.39, 0.29) is 18.7 Å². The lowest BCUT2D eigenvalue weighted by Crippen LogP contribution is -2.28. The molecule has 1 amide bonds. The first-order valence-corrected chi connectivity index (χ1v) is 8.71. The molecule has 3 rings (SSSR count). The summed E-state index contributed by atoms with van der Waals surface area (Å²) in [4.78, 5) is 39.7. The number of para-hydroxylation sites is 1. The minimum Gasteiger partial charge on any atom is -0.347 e. The highest BCUT2D eigenvalue weighted by molar-refractivity contribution is 5.99. The summed E-state index contributed by atoms with van der Waals surface area (Å²) in [5, 5.41) is 5.09. The molecule has 0 saturated carbocycles. The first-order chi connectivity index (χ1) is 13.0. The molecule has 0 aliphatic carbocycles. The quantitative estimate of drug-likeness (QED) is 0.452. The van der Waals surface area contributed by atoms with Crippen LogP contribution in [0, 0.1) is 6.92 Å². The average Bonchev–Trinajstić information content (AvgIpc) is 2.99. The average molecular weight is 367 g/mol. The molecule has 8 nitrogen and oxygen atoms in total. The molecule has 3 N–H and O–H groups in total. The minimum absolute atomic E-state index is 0.0873. The Morgan fingerprint density at radius 1 is 1.26 bits per heavy atom. The third kappa shape index (κ3) is 4.05. The van der Waals surface area contributed by atoms with Crippen LogP contribution in [-0.2, 0) is 17.8 Å². The molecule has 0 fully saturated rings. The second kappa shape index (κ2) is 7.86. The molecule has 0 bridgehead atoms. The molecule has 2 aromatic heterocycles. The molecule has 0 radical (unpaired) electrons. The van der Waals surface area contributed by atoms with Crippen molar-refractivity contribution in [2.45, 2.75) is 33.2 Å². The number of nitrogens with one attached hydrogen (secondary N) is 3. The number of aromatic amines is 2. The predicted octanol–water partition coefficient (Wildman–Crippen LogP) is 1.43. The van der Waals surface area contributed by atoms with Crippen LogP contribution in [-0.4, -0.2) is 26.7 Å². The number of rotatable bonds is 6. The number of hydrogen-bond acceptors (Lipinski definition) is 4. The fourth-order valence-electron chi connectivity index (χ4n) is 3.03. The van der Waals surface area contributed by atoms with Crippen LogP contribution in [0.1, 0.15) is 30.2 Å². The molecule has 0 unspecified atom stereocenters. The normalized spacial score (nSPS) is 11.3. The van der Waals surface area contributed by atoms with Gasteiger partial charge in [0, 0.05) is 46.9 Å². The zero-order chi connectivity index (χ0) is 19.4. The van der Waals surface area contributed by atoms with Gasteiger partial charge in [0.1, 0.15) is 0 Å². The Balaban J connectivity index is 1.65. The van der Waals surface area contributed by atoms with Crippen molar-refractivity contribution in [3.63, 3.8) is 0 Å². The highest BCUT2D eigenvalue weighted by Gasteiger charge is 2.09. The van der Waals surface area contributed by atoms with Crippen LogP contribution in [0.2, 0.25) is 0 Å². The number of amides is 1. The van der Waals surface area contributed by atoms with Crippen LogP contribution in [0.4, 0.5) is 0 Å². The standard InChI is InChI=1S/C19H21N5O3/c1-3-24-11-13(15-6-4-5-7-16(15)24)10-20-23-17(25)9-8-14-12(2)21-19(27)22-18(14)26/h4-7,10-11H,3,8-9H2,1-2H3,(H,23,25)(H2,21,22,26,27)/b20-10+. The topological polar surface area (TPSA) is 112 Å². The number of fused-ring (bicyclic) bond motifs is 1. The summed E-state index contributed by atoms with van der Waals surface area (Å²) in [6, 6.07) is 7.99. The summed E-state index contributed by atoms with van der Waals surface area (Å²) >= 11 is 0. The van der Waals surface area contributed by atoms with Gasteiger partial charge in [0.25, 0.3) is 5.56 Å². The Labute approximate surface area is 154 Å². The fourth-order valence-corrected chi connectivity index (χ4v) is 3.03. The lowest BCUT2D eigenvalue weighted by Gasteiger charge is -2.03. The van der Waals surface area contributed by atoms with Gasteiger partial charge in [0.05, 0.1) is 6.21 Å². The van der Waals surface area contributed by atoms with Gasteiger partial charge in [-0.05, 0) is 26.3 Å². The van der Waals surface area contributed by atoms with E-state index in [0.717, 1.165) is 23.0 Å². The number of hydrogen-bond donors (Lipinski definition) is 3. The molecule has 8 heteroatoms. The summed E-state index contributed by atoms with van der Waals surface area (Å²) in [5.74, 6) is -0.310. The molecule has 0 spiro atoms. The van der Waals surface area contributed by atoms with Gasteiger partial charge in [-0.15, -0.1) is 0 Å². The van der Waals surface area contributed by atoms with E-state index in [0.29, 0.717) is 11.3 Å². The van der Waals surface area contributed by atoms with E-state index in [2.05, 4.69) is 32.0 Å². The summed E-state index contributed by atoms with van der Waals surface area (Å²) in [6.07, 6.45) is 3.91. The highest BCUT2D eigenvalue weighted by Crippen LogP contribution is 2.19. The molecule has 3 aromatic rings. The van der Waals surface area contributed by atoms with Gasteiger partial charge in [-0.1, -0.05) is 18.2 Å². The number of aromatic nitrogens is 3. The molecular formula is C19H21N5O3. The number of carbonyl (C=O) groups is 1. The lowest BCUT2D eigenvalue weighted by atomic mass is 10.1. The smallest absolute Gasteiger partial charge is 0.325 e. The molecule has 0 saturated heterocycles. The van der Waals surface area contributed by atoms with Crippen molar-refractivity contribution in [2.24, 2.45) is 5.10 Å². The Morgan fingerprint density at radius 2 is 2.04 bits per heavy atom. The number of H-pyrrole nitrogens is 2. The third-order valence-electron chi connectivity index (χ3n) is 4.41. The first kappa shape index (κ1) is 18.4. The fraction of sp³-hybridized carbons (Fsp3) is 0.263. The van der Waals surface area contributed by atoms with Gasteiger partial charge in [0.2, 0.25) is 5.91 Å².